The molecule has 0 saturated carbocycles. The molecule has 0 fully saturated rings. The SMILES string of the molecule is COc1ccc(F)cc1C(C)(C)CC(O)(Cc1ccnc(Br)c1)C(F)(F)F. The molecule has 0 spiro atoms. The van der Waals surface area contributed by atoms with Crippen molar-refractivity contribution in [2.24, 2.45) is 0 Å². The van der Waals surface area contributed by atoms with Crippen LogP contribution in [0, 0.1) is 5.82 Å². The van der Waals surface area contributed by atoms with Gasteiger partial charge in [-0.05, 0) is 63.7 Å². The van der Waals surface area contributed by atoms with Gasteiger partial charge in [-0.2, -0.15) is 13.2 Å². The van der Waals surface area contributed by atoms with Crippen molar-refractivity contribution in [3.05, 3.63) is 58.1 Å². The van der Waals surface area contributed by atoms with Crippen molar-refractivity contribution in [3.63, 3.8) is 0 Å². The third-order valence-corrected chi connectivity index (χ3v) is 4.87. The predicted molar refractivity (Wildman–Crippen MR) is 97.2 cm³/mol. The first-order valence-corrected chi connectivity index (χ1v) is 8.91. The highest BCUT2D eigenvalue weighted by Gasteiger charge is 2.56. The number of rotatable bonds is 6. The van der Waals surface area contributed by atoms with Gasteiger partial charge in [0.25, 0.3) is 0 Å². The summed E-state index contributed by atoms with van der Waals surface area (Å²) in [5.41, 5.74) is -3.71. The zero-order chi connectivity index (χ0) is 20.5. The van der Waals surface area contributed by atoms with Crippen molar-refractivity contribution in [3.8, 4) is 5.75 Å². The van der Waals surface area contributed by atoms with Crippen molar-refractivity contribution >= 4 is 15.9 Å². The summed E-state index contributed by atoms with van der Waals surface area (Å²) in [5.74, 6) is -0.329. The molecule has 1 N–H and O–H groups in total. The standard InChI is InChI=1S/C19H20BrF4NO2/c1-17(2,14-9-13(21)4-5-15(14)27-3)11-18(26,19(22,23)24)10-12-6-7-25-16(20)8-12/h4-9,26H,10-11H2,1-3H3. The summed E-state index contributed by atoms with van der Waals surface area (Å²) >= 11 is 3.11. The lowest BCUT2D eigenvalue weighted by atomic mass is 9.72. The summed E-state index contributed by atoms with van der Waals surface area (Å²) in [6, 6.07) is 6.50. The maximum Gasteiger partial charge on any atom is 0.417 e. The molecule has 1 atom stereocenters. The number of nitrogens with zero attached hydrogens (tertiary/aromatic N) is 1. The van der Waals surface area contributed by atoms with E-state index in [-0.39, 0.29) is 16.9 Å². The number of alkyl halides is 3. The minimum atomic E-state index is -4.89. The number of hydrogen-bond donors (Lipinski definition) is 1. The molecule has 0 saturated heterocycles. The number of pyridine rings is 1. The van der Waals surface area contributed by atoms with Crippen LogP contribution in [-0.4, -0.2) is 29.0 Å². The Morgan fingerprint density at radius 2 is 1.81 bits per heavy atom. The van der Waals surface area contributed by atoms with Gasteiger partial charge in [-0.3, -0.25) is 0 Å². The third kappa shape index (κ3) is 4.99. The number of hydrogen-bond acceptors (Lipinski definition) is 3. The maximum absolute atomic E-state index is 13.8. The van der Waals surface area contributed by atoms with Crippen LogP contribution in [0.15, 0.2) is 41.1 Å². The van der Waals surface area contributed by atoms with Crippen molar-refractivity contribution in [2.75, 3.05) is 7.11 Å². The molecule has 1 aromatic heterocycles. The Kier molecular flexibility index (Phi) is 6.21. The lowest BCUT2D eigenvalue weighted by Gasteiger charge is -2.38. The minimum Gasteiger partial charge on any atom is -0.496 e. The lowest BCUT2D eigenvalue weighted by molar-refractivity contribution is -0.266. The van der Waals surface area contributed by atoms with Gasteiger partial charge in [0.15, 0.2) is 5.60 Å². The summed E-state index contributed by atoms with van der Waals surface area (Å²) in [5, 5.41) is 10.6. The van der Waals surface area contributed by atoms with Crippen LogP contribution in [0.4, 0.5) is 17.6 Å². The van der Waals surface area contributed by atoms with E-state index in [1.54, 1.807) is 0 Å². The van der Waals surface area contributed by atoms with E-state index in [4.69, 9.17) is 4.74 Å². The molecular formula is C19H20BrF4NO2. The van der Waals surface area contributed by atoms with Crippen molar-refractivity contribution in [1.29, 1.82) is 0 Å². The van der Waals surface area contributed by atoms with Crippen molar-refractivity contribution in [1.82, 2.24) is 4.98 Å². The van der Waals surface area contributed by atoms with Crippen LogP contribution in [0.3, 0.4) is 0 Å². The Balaban J connectivity index is 2.45. The lowest BCUT2D eigenvalue weighted by Crippen LogP contribution is -2.50. The normalized spacial score (nSPS) is 14.7. The summed E-state index contributed by atoms with van der Waals surface area (Å²) in [7, 11) is 1.36. The van der Waals surface area contributed by atoms with E-state index in [0.29, 0.717) is 4.60 Å². The second kappa shape index (κ2) is 7.75. The smallest absolute Gasteiger partial charge is 0.417 e. The van der Waals surface area contributed by atoms with E-state index in [1.807, 2.05) is 0 Å². The second-order valence-electron chi connectivity index (χ2n) is 7.10. The van der Waals surface area contributed by atoms with E-state index in [9.17, 15) is 22.7 Å². The number of benzene rings is 1. The maximum atomic E-state index is 13.8. The number of methoxy groups -OCH3 is 1. The molecule has 1 aromatic carbocycles. The van der Waals surface area contributed by atoms with Gasteiger partial charge in [0.1, 0.15) is 16.2 Å². The van der Waals surface area contributed by atoms with E-state index >= 15 is 0 Å². The number of aliphatic hydroxyl groups is 1. The molecular weight excluding hydrogens is 430 g/mol. The Morgan fingerprint density at radius 1 is 1.15 bits per heavy atom. The van der Waals surface area contributed by atoms with Crippen LogP contribution in [0.25, 0.3) is 0 Å². The molecule has 0 bridgehead atoms. The topological polar surface area (TPSA) is 42.4 Å². The summed E-state index contributed by atoms with van der Waals surface area (Å²) in [6.45, 7) is 3.03. The Morgan fingerprint density at radius 3 is 2.37 bits per heavy atom. The molecule has 3 nitrogen and oxygen atoms in total. The van der Waals surface area contributed by atoms with Gasteiger partial charge < -0.3 is 9.84 Å². The monoisotopic (exact) mass is 449 g/mol. The molecule has 148 valence electrons. The van der Waals surface area contributed by atoms with Crippen LogP contribution in [0.5, 0.6) is 5.75 Å². The fraction of sp³-hybridized carbons (Fsp3) is 0.421. The molecule has 8 heteroatoms. The van der Waals surface area contributed by atoms with E-state index < -0.39 is 35.9 Å². The second-order valence-corrected chi connectivity index (χ2v) is 7.91. The molecule has 2 rings (SSSR count). The van der Waals surface area contributed by atoms with Crippen molar-refractivity contribution in [2.45, 2.75) is 43.9 Å². The zero-order valence-corrected chi connectivity index (χ0v) is 16.7. The first-order valence-electron chi connectivity index (χ1n) is 8.11. The average molecular weight is 450 g/mol. The Bertz CT molecular complexity index is 811. The molecule has 1 unspecified atom stereocenters. The molecule has 2 aromatic rings. The molecule has 0 amide bonds. The zero-order valence-electron chi connectivity index (χ0n) is 15.1. The largest absolute Gasteiger partial charge is 0.496 e. The molecule has 27 heavy (non-hydrogen) atoms. The minimum absolute atomic E-state index is 0.253. The Hall–Kier alpha value is -1.67. The fourth-order valence-electron chi connectivity index (χ4n) is 3.19. The Labute approximate surface area is 163 Å². The van der Waals surface area contributed by atoms with Gasteiger partial charge in [-0.25, -0.2) is 9.37 Å². The molecule has 0 aliphatic carbocycles. The van der Waals surface area contributed by atoms with Crippen LogP contribution in [0.1, 0.15) is 31.4 Å². The van der Waals surface area contributed by atoms with Crippen LogP contribution in [0.2, 0.25) is 0 Å². The molecule has 1 heterocycles. The van der Waals surface area contributed by atoms with Gasteiger partial charge in [0.05, 0.1) is 7.11 Å². The highest BCUT2D eigenvalue weighted by molar-refractivity contribution is 9.10. The first kappa shape index (κ1) is 21.6. The summed E-state index contributed by atoms with van der Waals surface area (Å²) in [4.78, 5) is 3.88. The summed E-state index contributed by atoms with van der Waals surface area (Å²) < 4.78 is 60.7. The van der Waals surface area contributed by atoms with Gasteiger partial charge in [-0.1, -0.05) is 13.8 Å². The van der Waals surface area contributed by atoms with Gasteiger partial charge in [0.2, 0.25) is 0 Å². The van der Waals surface area contributed by atoms with Gasteiger partial charge >= 0.3 is 6.18 Å². The van der Waals surface area contributed by atoms with E-state index in [0.717, 1.165) is 6.07 Å². The van der Waals surface area contributed by atoms with Gasteiger partial charge in [-0.15, -0.1) is 0 Å². The highest BCUT2D eigenvalue weighted by atomic mass is 79.9. The van der Waals surface area contributed by atoms with Crippen LogP contribution >= 0.6 is 15.9 Å². The molecule has 0 radical (unpaired) electrons. The molecule has 0 aliphatic rings. The average Bonchev–Trinajstić information content (AvgIpc) is 2.53. The van der Waals surface area contributed by atoms with E-state index in [2.05, 4.69) is 20.9 Å². The number of ether oxygens (including phenoxy) is 1. The van der Waals surface area contributed by atoms with E-state index in [1.165, 1.54) is 51.4 Å². The van der Waals surface area contributed by atoms with Crippen LogP contribution < -0.4 is 4.74 Å². The van der Waals surface area contributed by atoms with Crippen LogP contribution in [-0.2, 0) is 11.8 Å². The highest BCUT2D eigenvalue weighted by Crippen LogP contribution is 2.45. The summed E-state index contributed by atoms with van der Waals surface area (Å²) in [6.07, 6.45) is -4.86. The first-order chi connectivity index (χ1) is 12.4. The quantitative estimate of drug-likeness (QED) is 0.486. The third-order valence-electron chi connectivity index (χ3n) is 4.44. The number of aromatic nitrogens is 1. The van der Waals surface area contributed by atoms with Gasteiger partial charge in [0, 0.05) is 18.2 Å². The fourth-order valence-corrected chi connectivity index (χ4v) is 3.60. The predicted octanol–water partition coefficient (Wildman–Crippen LogP) is 5.20. The molecule has 0 aliphatic heterocycles. The number of halogens is 5. The van der Waals surface area contributed by atoms with Crippen molar-refractivity contribution < 1.29 is 27.4 Å².